The van der Waals surface area contributed by atoms with Gasteiger partial charge in [0.1, 0.15) is 0 Å². The molecule has 1 rings (SSSR count). The van der Waals surface area contributed by atoms with Gasteiger partial charge in [-0.05, 0) is 24.0 Å². The molecule has 3 nitrogen and oxygen atoms in total. The van der Waals surface area contributed by atoms with Crippen LogP contribution in [-0.4, -0.2) is 36.4 Å². The molecule has 0 aliphatic rings. The van der Waals surface area contributed by atoms with E-state index in [0.717, 1.165) is 17.9 Å². The molecule has 17 heavy (non-hydrogen) atoms. The summed E-state index contributed by atoms with van der Waals surface area (Å²) in [5.74, 6) is 1.07. The van der Waals surface area contributed by atoms with Gasteiger partial charge in [-0.1, -0.05) is 12.1 Å². The second kappa shape index (κ2) is 6.97. The molecule has 0 fully saturated rings. The highest BCUT2D eigenvalue weighted by Crippen LogP contribution is 2.06. The van der Waals surface area contributed by atoms with Crippen LogP contribution in [0.25, 0.3) is 0 Å². The van der Waals surface area contributed by atoms with E-state index < -0.39 is 0 Å². The lowest BCUT2D eigenvalue weighted by atomic mass is 10.1. The molecule has 90 valence electrons. The van der Waals surface area contributed by atoms with E-state index in [4.69, 9.17) is 5.26 Å². The number of hydrogen-bond donors (Lipinski definition) is 0. The van der Waals surface area contributed by atoms with Crippen molar-refractivity contribution in [2.45, 2.75) is 6.42 Å². The first-order valence-electron chi connectivity index (χ1n) is 5.39. The minimum absolute atomic E-state index is 0.115. The van der Waals surface area contributed by atoms with Gasteiger partial charge in [0, 0.05) is 19.3 Å². The van der Waals surface area contributed by atoms with Crippen molar-refractivity contribution in [3.63, 3.8) is 0 Å². The van der Waals surface area contributed by atoms with Crippen molar-refractivity contribution in [2.24, 2.45) is 0 Å². The van der Waals surface area contributed by atoms with Crippen molar-refractivity contribution in [1.29, 1.82) is 5.26 Å². The lowest BCUT2D eigenvalue weighted by Crippen LogP contribution is -2.30. The van der Waals surface area contributed by atoms with E-state index in [1.54, 1.807) is 28.8 Å². The molecule has 0 saturated heterocycles. The molecular formula is C13H16N2OS. The van der Waals surface area contributed by atoms with Crippen LogP contribution < -0.4 is 0 Å². The Labute approximate surface area is 106 Å². The molecule has 0 atom stereocenters. The van der Waals surface area contributed by atoms with Gasteiger partial charge < -0.3 is 4.90 Å². The third-order valence-electron chi connectivity index (χ3n) is 2.49. The lowest BCUT2D eigenvalue weighted by Gasteiger charge is -2.16. The third kappa shape index (κ3) is 4.49. The number of nitriles is 1. The van der Waals surface area contributed by atoms with Gasteiger partial charge in [-0.3, -0.25) is 4.79 Å². The first kappa shape index (κ1) is 13.6. The molecule has 0 bridgehead atoms. The van der Waals surface area contributed by atoms with Crippen LogP contribution in [0.5, 0.6) is 0 Å². The van der Waals surface area contributed by atoms with E-state index in [1.807, 2.05) is 25.4 Å². The predicted molar refractivity (Wildman–Crippen MR) is 70.9 cm³/mol. The number of amides is 1. The zero-order chi connectivity index (χ0) is 12.7. The van der Waals surface area contributed by atoms with Crippen molar-refractivity contribution in [3.8, 4) is 6.07 Å². The molecule has 0 aliphatic heterocycles. The molecule has 0 aromatic heterocycles. The molecule has 1 amide bonds. The summed E-state index contributed by atoms with van der Waals surface area (Å²) in [6.45, 7) is 0.774. The van der Waals surface area contributed by atoms with Gasteiger partial charge in [0.25, 0.3) is 0 Å². The van der Waals surface area contributed by atoms with Crippen LogP contribution in [-0.2, 0) is 11.2 Å². The first-order valence-corrected chi connectivity index (χ1v) is 6.78. The molecular weight excluding hydrogens is 232 g/mol. The Hall–Kier alpha value is -1.47. The Balaban J connectivity index is 2.52. The van der Waals surface area contributed by atoms with Gasteiger partial charge in [0.2, 0.25) is 5.91 Å². The van der Waals surface area contributed by atoms with E-state index in [0.29, 0.717) is 12.0 Å². The van der Waals surface area contributed by atoms with Crippen LogP contribution in [0.1, 0.15) is 11.1 Å². The fourth-order valence-electron chi connectivity index (χ4n) is 1.36. The highest BCUT2D eigenvalue weighted by molar-refractivity contribution is 7.98. The number of carbonyl (C=O) groups is 1. The Kier molecular flexibility index (Phi) is 5.58. The summed E-state index contributed by atoms with van der Waals surface area (Å²) >= 11 is 1.73. The molecule has 0 spiro atoms. The standard InChI is InChI=1S/C13H16N2OS/c1-15(7-8-17-2)13(16)9-11-3-5-12(10-14)6-4-11/h3-6H,7-9H2,1-2H3. The van der Waals surface area contributed by atoms with E-state index >= 15 is 0 Å². The fourth-order valence-corrected chi connectivity index (χ4v) is 1.82. The summed E-state index contributed by atoms with van der Waals surface area (Å²) < 4.78 is 0. The highest BCUT2D eigenvalue weighted by atomic mass is 32.2. The Morgan fingerprint density at radius 1 is 1.41 bits per heavy atom. The maximum absolute atomic E-state index is 11.8. The second-order valence-electron chi connectivity index (χ2n) is 3.79. The predicted octanol–water partition coefficient (Wildman–Crippen LogP) is 1.92. The number of benzene rings is 1. The van der Waals surface area contributed by atoms with Gasteiger partial charge in [0.05, 0.1) is 18.1 Å². The van der Waals surface area contributed by atoms with Crippen molar-refractivity contribution < 1.29 is 4.79 Å². The number of carbonyl (C=O) groups excluding carboxylic acids is 1. The Morgan fingerprint density at radius 2 is 2.06 bits per heavy atom. The van der Waals surface area contributed by atoms with E-state index in [2.05, 4.69) is 6.07 Å². The summed E-state index contributed by atoms with van der Waals surface area (Å²) in [6, 6.07) is 9.21. The van der Waals surface area contributed by atoms with Gasteiger partial charge in [0.15, 0.2) is 0 Å². The van der Waals surface area contributed by atoms with Gasteiger partial charge in [-0.25, -0.2) is 0 Å². The smallest absolute Gasteiger partial charge is 0.226 e. The SMILES string of the molecule is CSCCN(C)C(=O)Cc1ccc(C#N)cc1. The molecule has 1 aromatic carbocycles. The van der Waals surface area contributed by atoms with Crippen LogP contribution in [0.2, 0.25) is 0 Å². The van der Waals surface area contributed by atoms with Gasteiger partial charge in [-0.15, -0.1) is 0 Å². The molecule has 4 heteroatoms. The third-order valence-corrected chi connectivity index (χ3v) is 3.09. The summed E-state index contributed by atoms with van der Waals surface area (Å²) in [5, 5.41) is 8.67. The largest absolute Gasteiger partial charge is 0.345 e. The van der Waals surface area contributed by atoms with Crippen LogP contribution in [0.15, 0.2) is 24.3 Å². The number of nitrogens with zero attached hydrogens (tertiary/aromatic N) is 2. The highest BCUT2D eigenvalue weighted by Gasteiger charge is 2.08. The van der Waals surface area contributed by atoms with Crippen LogP contribution in [0.4, 0.5) is 0 Å². The van der Waals surface area contributed by atoms with Gasteiger partial charge in [-0.2, -0.15) is 17.0 Å². The summed E-state index contributed by atoms with van der Waals surface area (Å²) in [7, 11) is 1.82. The van der Waals surface area contributed by atoms with Crippen molar-refractivity contribution in [2.75, 3.05) is 25.6 Å². The van der Waals surface area contributed by atoms with Gasteiger partial charge >= 0.3 is 0 Å². The van der Waals surface area contributed by atoms with Crippen LogP contribution >= 0.6 is 11.8 Å². The first-order chi connectivity index (χ1) is 8.17. The Morgan fingerprint density at radius 3 is 2.59 bits per heavy atom. The normalized spacial score (nSPS) is 9.71. The molecule has 0 radical (unpaired) electrons. The fraction of sp³-hybridized carbons (Fsp3) is 0.385. The topological polar surface area (TPSA) is 44.1 Å². The van der Waals surface area contributed by atoms with E-state index in [9.17, 15) is 4.79 Å². The molecule has 0 unspecified atom stereocenters. The number of hydrogen-bond acceptors (Lipinski definition) is 3. The van der Waals surface area contributed by atoms with E-state index in [1.165, 1.54) is 0 Å². The molecule has 0 N–H and O–H groups in total. The maximum Gasteiger partial charge on any atom is 0.226 e. The van der Waals surface area contributed by atoms with Crippen molar-refractivity contribution >= 4 is 17.7 Å². The molecule has 0 aliphatic carbocycles. The van der Waals surface area contributed by atoms with Crippen molar-refractivity contribution in [3.05, 3.63) is 35.4 Å². The Bertz CT molecular complexity index is 408. The quantitative estimate of drug-likeness (QED) is 0.799. The maximum atomic E-state index is 11.8. The minimum Gasteiger partial charge on any atom is -0.345 e. The number of rotatable bonds is 5. The molecule has 0 heterocycles. The zero-order valence-electron chi connectivity index (χ0n) is 10.1. The summed E-state index contributed by atoms with van der Waals surface area (Å²) in [5.41, 5.74) is 1.57. The number of thioether (sulfide) groups is 1. The molecule has 1 aromatic rings. The average Bonchev–Trinajstić information content (AvgIpc) is 2.36. The van der Waals surface area contributed by atoms with Crippen molar-refractivity contribution in [1.82, 2.24) is 4.90 Å². The van der Waals surface area contributed by atoms with Crippen LogP contribution in [0, 0.1) is 11.3 Å². The lowest BCUT2D eigenvalue weighted by molar-refractivity contribution is -0.128. The number of likely N-dealkylation sites (N-methyl/N-ethyl adjacent to an activating group) is 1. The summed E-state index contributed by atoms with van der Waals surface area (Å²) in [6.07, 6.45) is 2.43. The zero-order valence-corrected chi connectivity index (χ0v) is 11.0. The van der Waals surface area contributed by atoms with Crippen LogP contribution in [0.3, 0.4) is 0 Å². The average molecular weight is 248 g/mol. The second-order valence-corrected chi connectivity index (χ2v) is 4.78. The van der Waals surface area contributed by atoms with E-state index in [-0.39, 0.29) is 5.91 Å². The molecule has 0 saturated carbocycles. The minimum atomic E-state index is 0.115. The summed E-state index contributed by atoms with van der Waals surface area (Å²) in [4.78, 5) is 13.6. The monoisotopic (exact) mass is 248 g/mol.